The average molecular weight is 175 g/mol. The van der Waals surface area contributed by atoms with Crippen LogP contribution >= 0.6 is 0 Å². The van der Waals surface area contributed by atoms with Gasteiger partial charge in [-0.1, -0.05) is 0 Å². The van der Waals surface area contributed by atoms with E-state index in [0.29, 0.717) is 0 Å². The lowest BCUT2D eigenvalue weighted by atomic mass is 10.3. The average Bonchev–Trinajstić information content (AvgIpc) is 1.98. The highest BCUT2D eigenvalue weighted by Gasteiger charge is 2.09. The number of rotatable bonds is 3. The Morgan fingerprint density at radius 3 is 2.17 bits per heavy atom. The number of hydrogen-bond donors (Lipinski definition) is 2. The molecule has 0 aromatic carbocycles. The fraction of sp³-hybridized carbons (Fsp3) is 0.400. The summed E-state index contributed by atoms with van der Waals surface area (Å²) in [6, 6.07) is -1.17. The van der Waals surface area contributed by atoms with E-state index in [4.69, 9.17) is 0 Å². The van der Waals surface area contributed by atoms with Crippen LogP contribution in [0.4, 0.5) is 0 Å². The molecule has 0 radical (unpaired) electrons. The topological polar surface area (TPSA) is 137 Å². The van der Waals surface area contributed by atoms with Crippen LogP contribution in [-0.4, -0.2) is 30.4 Å². The molecule has 0 aromatic rings. The number of carbonyl (C=O) groups is 3. The molecule has 68 valence electrons. The molecule has 0 spiro atoms. The van der Waals surface area contributed by atoms with Crippen molar-refractivity contribution in [2.24, 2.45) is 0 Å². The van der Waals surface area contributed by atoms with Crippen molar-refractivity contribution in [3.05, 3.63) is 0 Å². The summed E-state index contributed by atoms with van der Waals surface area (Å²) in [6.07, 6.45) is 0. The fourth-order valence-electron chi connectivity index (χ4n) is 0.371. The maximum absolute atomic E-state index is 10.3. The van der Waals surface area contributed by atoms with E-state index < -0.39 is 30.4 Å². The second-order valence-electron chi connectivity index (χ2n) is 2.01. The molecule has 0 aliphatic heterocycles. The van der Waals surface area contributed by atoms with Crippen molar-refractivity contribution in [3.8, 4) is 0 Å². The zero-order valence-corrected chi connectivity index (χ0v) is 6.03. The third kappa shape index (κ3) is 3.52. The van der Waals surface area contributed by atoms with E-state index in [9.17, 15) is 24.6 Å². The van der Waals surface area contributed by atoms with Crippen LogP contribution in [0.1, 0.15) is 0 Å². The van der Waals surface area contributed by atoms with Crippen molar-refractivity contribution in [2.45, 2.75) is 6.04 Å². The first-order valence-electron chi connectivity index (χ1n) is 2.98. The van der Waals surface area contributed by atoms with Gasteiger partial charge in [0.15, 0.2) is 0 Å². The van der Waals surface area contributed by atoms with E-state index in [0.717, 1.165) is 0 Å². The van der Waals surface area contributed by atoms with E-state index in [2.05, 4.69) is 5.73 Å². The number of nitrogens with one attached hydrogen (secondary N) is 1. The Labute approximate surface area is 67.2 Å². The smallest absolute Gasteiger partial charge is 0.267 e. The van der Waals surface area contributed by atoms with Crippen LogP contribution in [0.15, 0.2) is 0 Å². The molecule has 0 bridgehead atoms. The van der Waals surface area contributed by atoms with Gasteiger partial charge in [-0.2, -0.15) is 0 Å². The Hall–Kier alpha value is -1.63. The first-order chi connectivity index (χ1) is 5.45. The second kappa shape index (κ2) is 4.29. The van der Waals surface area contributed by atoms with E-state index in [-0.39, 0.29) is 0 Å². The fourth-order valence-corrected chi connectivity index (χ4v) is 0.371. The Morgan fingerprint density at radius 2 is 1.83 bits per heavy atom. The number of hydrogen-bond acceptors (Lipinski definition) is 5. The van der Waals surface area contributed by atoms with Crippen LogP contribution in [-0.2, 0) is 14.4 Å². The molecule has 7 nitrogen and oxygen atoms in total. The first kappa shape index (κ1) is 10.4. The molecule has 0 unspecified atom stereocenters. The Balaban J connectivity index is 3.76. The lowest BCUT2D eigenvalue weighted by Gasteiger charge is -2.10. The number of carbonyl (C=O) groups excluding carboxylic acids is 3. The highest BCUT2D eigenvalue weighted by molar-refractivity contribution is 6.30. The molecular weight excluding hydrogens is 168 g/mol. The van der Waals surface area contributed by atoms with Gasteiger partial charge in [-0.05, 0) is 0 Å². The molecule has 0 fully saturated rings. The van der Waals surface area contributed by atoms with Crippen LogP contribution < -0.4 is 21.3 Å². The molecule has 0 saturated carbocycles. The zero-order valence-electron chi connectivity index (χ0n) is 6.03. The third-order valence-electron chi connectivity index (χ3n) is 1.03. The predicted octanol–water partition coefficient (Wildman–Crippen LogP) is -5.79. The van der Waals surface area contributed by atoms with Crippen LogP contribution in [0.2, 0.25) is 0 Å². The minimum absolute atomic E-state index is 0.394. The van der Waals surface area contributed by atoms with Crippen molar-refractivity contribution in [1.82, 2.24) is 5.32 Å². The van der Waals surface area contributed by atoms with Crippen molar-refractivity contribution >= 4 is 17.8 Å². The molecule has 0 heterocycles. The molecule has 12 heavy (non-hydrogen) atoms. The molecule has 1 amide bonds. The van der Waals surface area contributed by atoms with E-state index >= 15 is 0 Å². The molecule has 0 aliphatic carbocycles. The summed E-state index contributed by atoms with van der Waals surface area (Å²) in [5, 5.41) is 21.5. The molecule has 1 atom stereocenters. The van der Waals surface area contributed by atoms with Gasteiger partial charge < -0.3 is 30.9 Å². The highest BCUT2D eigenvalue weighted by Crippen LogP contribution is 1.69. The molecular formula is C5H7N2O5-. The number of aliphatic carboxylic acids is 2. The summed E-state index contributed by atoms with van der Waals surface area (Å²) in [5.41, 5.74) is 3.08. The molecule has 0 rings (SSSR count). The normalized spacial score (nSPS) is 11.8. The third-order valence-corrected chi connectivity index (χ3v) is 1.03. The number of amides is 1. The van der Waals surface area contributed by atoms with Gasteiger partial charge in [-0.3, -0.25) is 4.79 Å². The minimum Gasteiger partial charge on any atom is -0.544 e. The van der Waals surface area contributed by atoms with Gasteiger partial charge in [-0.25, -0.2) is 0 Å². The second-order valence-corrected chi connectivity index (χ2v) is 2.01. The lowest BCUT2D eigenvalue weighted by Crippen LogP contribution is -2.72. The quantitative estimate of drug-likeness (QED) is 0.411. The van der Waals surface area contributed by atoms with Crippen LogP contribution in [0, 0.1) is 0 Å². The minimum atomic E-state index is -1.92. The van der Waals surface area contributed by atoms with Crippen LogP contribution in [0.3, 0.4) is 0 Å². The van der Waals surface area contributed by atoms with Crippen LogP contribution in [0.25, 0.3) is 0 Å². The Bertz CT molecular complexity index is 214. The number of carboxylic acid groups (broad SMARTS) is 2. The Morgan fingerprint density at radius 1 is 1.33 bits per heavy atom. The van der Waals surface area contributed by atoms with E-state index in [1.165, 1.54) is 0 Å². The molecule has 0 aliphatic rings. The van der Waals surface area contributed by atoms with Gasteiger partial charge in [0.05, 0.1) is 6.54 Å². The summed E-state index contributed by atoms with van der Waals surface area (Å²) in [5.74, 6) is -4.75. The number of quaternary nitrogens is 1. The first-order valence-corrected chi connectivity index (χ1v) is 2.98. The molecule has 0 saturated heterocycles. The van der Waals surface area contributed by atoms with E-state index in [1.807, 2.05) is 0 Å². The number of carboxylic acids is 2. The summed E-state index contributed by atoms with van der Waals surface area (Å²) in [4.78, 5) is 30.0. The van der Waals surface area contributed by atoms with E-state index in [1.54, 1.807) is 5.32 Å². The van der Waals surface area contributed by atoms with Crippen molar-refractivity contribution < 1.29 is 30.3 Å². The molecule has 7 heteroatoms. The highest BCUT2D eigenvalue weighted by atomic mass is 16.4. The van der Waals surface area contributed by atoms with Gasteiger partial charge in [-0.15, -0.1) is 0 Å². The largest absolute Gasteiger partial charge is 0.544 e. The van der Waals surface area contributed by atoms with Crippen molar-refractivity contribution in [3.63, 3.8) is 0 Å². The van der Waals surface area contributed by atoms with Crippen molar-refractivity contribution in [1.29, 1.82) is 0 Å². The van der Waals surface area contributed by atoms with Gasteiger partial charge in [0.2, 0.25) is 0 Å². The molecule has 0 aromatic heterocycles. The maximum atomic E-state index is 10.3. The summed E-state index contributed by atoms with van der Waals surface area (Å²) >= 11 is 0. The summed E-state index contributed by atoms with van der Waals surface area (Å²) in [6.45, 7) is -0.394. The summed E-state index contributed by atoms with van der Waals surface area (Å²) < 4.78 is 0. The Kier molecular flexibility index (Phi) is 3.71. The zero-order chi connectivity index (χ0) is 9.72. The monoisotopic (exact) mass is 175 g/mol. The predicted molar refractivity (Wildman–Crippen MR) is 29.7 cm³/mol. The van der Waals surface area contributed by atoms with Gasteiger partial charge in [0, 0.05) is 0 Å². The molecule has 4 N–H and O–H groups in total. The van der Waals surface area contributed by atoms with Gasteiger partial charge in [0.25, 0.3) is 5.91 Å². The van der Waals surface area contributed by atoms with Gasteiger partial charge >= 0.3 is 0 Å². The lowest BCUT2D eigenvalue weighted by molar-refractivity contribution is -0.435. The maximum Gasteiger partial charge on any atom is 0.267 e. The standard InChI is InChI=1S/C5H8N2O5/c6-2(4(9)10)1-7-3(8)5(11)12/h2H,1,6H2,(H,7,8)(H,9,10)(H,11,12)/p-1/t2-/m0/s1. The SMILES string of the molecule is [NH3+][C@@H](CNC(=O)C(=O)[O-])C(=O)[O-]. The van der Waals surface area contributed by atoms with Crippen molar-refractivity contribution in [2.75, 3.05) is 6.54 Å². The van der Waals surface area contributed by atoms with Crippen LogP contribution in [0.5, 0.6) is 0 Å². The van der Waals surface area contributed by atoms with Gasteiger partial charge in [0.1, 0.15) is 18.0 Å². The summed E-state index contributed by atoms with van der Waals surface area (Å²) in [7, 11) is 0.